The van der Waals surface area contributed by atoms with E-state index in [0.29, 0.717) is 5.56 Å². The van der Waals surface area contributed by atoms with Gasteiger partial charge < -0.3 is 0 Å². The lowest BCUT2D eigenvalue weighted by atomic mass is 9.91. The maximum absolute atomic E-state index is 9.32. The third-order valence-electron chi connectivity index (χ3n) is 3.71. The van der Waals surface area contributed by atoms with Crippen LogP contribution in [0.25, 0.3) is 22.3 Å². The Kier molecular flexibility index (Phi) is 3.53. The summed E-state index contributed by atoms with van der Waals surface area (Å²) in [6.45, 7) is 2.12. The zero-order chi connectivity index (χ0) is 14.7. The van der Waals surface area contributed by atoms with E-state index in [0.717, 1.165) is 22.3 Å². The molecule has 21 heavy (non-hydrogen) atoms. The number of rotatable bonds is 2. The summed E-state index contributed by atoms with van der Waals surface area (Å²) in [6.07, 6.45) is 0. The van der Waals surface area contributed by atoms with Gasteiger partial charge in [-0.2, -0.15) is 5.26 Å². The van der Waals surface area contributed by atoms with E-state index in [9.17, 15) is 5.26 Å². The van der Waals surface area contributed by atoms with Gasteiger partial charge in [-0.1, -0.05) is 60.7 Å². The van der Waals surface area contributed by atoms with Gasteiger partial charge in [-0.25, -0.2) is 0 Å². The van der Waals surface area contributed by atoms with Crippen LogP contribution < -0.4 is 0 Å². The zero-order valence-electron chi connectivity index (χ0n) is 11.9. The van der Waals surface area contributed by atoms with Crippen LogP contribution in [0.15, 0.2) is 72.8 Å². The van der Waals surface area contributed by atoms with Crippen molar-refractivity contribution in [3.05, 3.63) is 83.9 Å². The average Bonchev–Trinajstić information content (AvgIpc) is 2.57. The van der Waals surface area contributed by atoms with Gasteiger partial charge in [0.15, 0.2) is 0 Å². The van der Waals surface area contributed by atoms with Crippen molar-refractivity contribution < 1.29 is 0 Å². The van der Waals surface area contributed by atoms with Gasteiger partial charge in [0.05, 0.1) is 11.6 Å². The van der Waals surface area contributed by atoms with Crippen molar-refractivity contribution in [1.29, 1.82) is 5.26 Å². The molecule has 1 nitrogen and oxygen atoms in total. The van der Waals surface area contributed by atoms with Gasteiger partial charge in [0.2, 0.25) is 0 Å². The molecule has 0 radical (unpaired) electrons. The average molecular weight is 269 g/mol. The van der Waals surface area contributed by atoms with Gasteiger partial charge in [-0.3, -0.25) is 0 Å². The van der Waals surface area contributed by atoms with E-state index >= 15 is 0 Å². The second-order valence-electron chi connectivity index (χ2n) is 5.04. The molecular weight excluding hydrogens is 254 g/mol. The van der Waals surface area contributed by atoms with Crippen LogP contribution in [-0.4, -0.2) is 0 Å². The normalized spacial score (nSPS) is 10.1. The molecule has 0 spiro atoms. The van der Waals surface area contributed by atoms with Gasteiger partial charge in [0.1, 0.15) is 0 Å². The highest BCUT2D eigenvalue weighted by Gasteiger charge is 2.10. The summed E-state index contributed by atoms with van der Waals surface area (Å²) in [4.78, 5) is 0. The third kappa shape index (κ3) is 2.57. The maximum atomic E-state index is 9.32. The van der Waals surface area contributed by atoms with Gasteiger partial charge >= 0.3 is 0 Å². The van der Waals surface area contributed by atoms with Crippen molar-refractivity contribution in [1.82, 2.24) is 0 Å². The Morgan fingerprint density at radius 2 is 1.14 bits per heavy atom. The Morgan fingerprint density at radius 1 is 0.714 bits per heavy atom. The minimum atomic E-state index is 0.693. The molecule has 0 saturated carbocycles. The van der Waals surface area contributed by atoms with Crippen molar-refractivity contribution in [3.63, 3.8) is 0 Å². The van der Waals surface area contributed by atoms with Crippen LogP contribution in [0.5, 0.6) is 0 Å². The summed E-state index contributed by atoms with van der Waals surface area (Å²) in [6, 6.07) is 26.6. The number of hydrogen-bond acceptors (Lipinski definition) is 1. The van der Waals surface area contributed by atoms with Gasteiger partial charge in [-0.05, 0) is 46.9 Å². The van der Waals surface area contributed by atoms with E-state index < -0.39 is 0 Å². The topological polar surface area (TPSA) is 23.8 Å². The monoisotopic (exact) mass is 269 g/mol. The smallest absolute Gasteiger partial charge is 0.0992 e. The molecule has 3 aromatic rings. The van der Waals surface area contributed by atoms with Crippen molar-refractivity contribution in [2.75, 3.05) is 0 Å². The molecule has 0 aromatic heterocycles. The molecule has 0 aliphatic rings. The van der Waals surface area contributed by atoms with Crippen molar-refractivity contribution in [3.8, 4) is 28.3 Å². The van der Waals surface area contributed by atoms with Crippen molar-refractivity contribution in [2.24, 2.45) is 0 Å². The Bertz CT molecular complexity index is 736. The fraction of sp³-hybridized carbons (Fsp3) is 0.0500. The minimum Gasteiger partial charge on any atom is -0.192 e. The highest BCUT2D eigenvalue weighted by atomic mass is 14.2. The summed E-state index contributed by atoms with van der Waals surface area (Å²) in [7, 11) is 0. The lowest BCUT2D eigenvalue weighted by molar-refractivity contribution is 1.41. The Labute approximate surface area is 125 Å². The van der Waals surface area contributed by atoms with Crippen LogP contribution in [0.2, 0.25) is 0 Å². The fourth-order valence-electron chi connectivity index (χ4n) is 2.61. The molecule has 0 N–H and O–H groups in total. The second kappa shape index (κ2) is 5.64. The summed E-state index contributed by atoms with van der Waals surface area (Å²) < 4.78 is 0. The molecule has 0 aliphatic carbocycles. The van der Waals surface area contributed by atoms with Gasteiger partial charge in [0.25, 0.3) is 0 Å². The minimum absolute atomic E-state index is 0.693. The van der Waals surface area contributed by atoms with Gasteiger partial charge in [0, 0.05) is 0 Å². The molecule has 0 heterocycles. The van der Waals surface area contributed by atoms with Crippen LogP contribution in [-0.2, 0) is 0 Å². The highest BCUT2D eigenvalue weighted by molar-refractivity contribution is 5.80. The summed E-state index contributed by atoms with van der Waals surface area (Å²) in [5, 5.41) is 9.32. The molecular formula is C20H15N. The van der Waals surface area contributed by atoms with Crippen LogP contribution in [0, 0.1) is 18.3 Å². The quantitative estimate of drug-likeness (QED) is 0.627. The maximum Gasteiger partial charge on any atom is 0.0992 e. The predicted molar refractivity (Wildman–Crippen MR) is 86.8 cm³/mol. The molecule has 0 atom stereocenters. The highest BCUT2D eigenvalue weighted by Crippen LogP contribution is 2.33. The van der Waals surface area contributed by atoms with E-state index in [2.05, 4.69) is 37.3 Å². The van der Waals surface area contributed by atoms with E-state index in [1.54, 1.807) is 0 Å². The number of nitrogens with zero attached hydrogens (tertiary/aromatic N) is 1. The Morgan fingerprint density at radius 3 is 1.52 bits per heavy atom. The van der Waals surface area contributed by atoms with Crippen LogP contribution in [0.4, 0.5) is 0 Å². The predicted octanol–water partition coefficient (Wildman–Crippen LogP) is 5.20. The molecule has 3 aromatic carbocycles. The van der Waals surface area contributed by atoms with E-state index in [1.165, 1.54) is 5.56 Å². The Hall–Kier alpha value is -2.85. The van der Waals surface area contributed by atoms with E-state index in [1.807, 2.05) is 48.5 Å². The molecule has 0 bridgehead atoms. The van der Waals surface area contributed by atoms with E-state index in [4.69, 9.17) is 0 Å². The molecule has 0 saturated heterocycles. The second-order valence-corrected chi connectivity index (χ2v) is 5.04. The summed E-state index contributed by atoms with van der Waals surface area (Å²) in [5.41, 5.74) is 6.42. The first kappa shape index (κ1) is 13.1. The summed E-state index contributed by atoms with van der Waals surface area (Å²) >= 11 is 0. The molecule has 1 heteroatoms. The molecule has 3 rings (SSSR count). The van der Waals surface area contributed by atoms with Crippen LogP contribution in [0.3, 0.4) is 0 Å². The van der Waals surface area contributed by atoms with Crippen LogP contribution in [0.1, 0.15) is 11.1 Å². The zero-order valence-corrected chi connectivity index (χ0v) is 11.9. The lowest BCUT2D eigenvalue weighted by Gasteiger charge is -2.13. The first-order chi connectivity index (χ1) is 10.3. The number of nitriles is 1. The molecule has 0 unspecified atom stereocenters. The number of benzene rings is 3. The number of hydrogen-bond donors (Lipinski definition) is 0. The fourth-order valence-corrected chi connectivity index (χ4v) is 2.61. The Balaban J connectivity index is 2.26. The van der Waals surface area contributed by atoms with Crippen molar-refractivity contribution >= 4 is 0 Å². The largest absolute Gasteiger partial charge is 0.192 e. The van der Waals surface area contributed by atoms with Gasteiger partial charge in [-0.15, -0.1) is 0 Å². The third-order valence-corrected chi connectivity index (χ3v) is 3.71. The molecule has 0 fully saturated rings. The standard InChI is InChI=1S/C20H15N/c1-15-19(17-8-4-2-5-9-17)12-16(14-21)13-20(15)18-10-6-3-7-11-18/h2-13H,1H3. The molecule has 0 amide bonds. The first-order valence-corrected chi connectivity index (χ1v) is 6.95. The molecule has 100 valence electrons. The first-order valence-electron chi connectivity index (χ1n) is 6.95. The molecule has 0 aliphatic heterocycles. The van der Waals surface area contributed by atoms with E-state index in [-0.39, 0.29) is 0 Å². The van der Waals surface area contributed by atoms with Crippen LogP contribution >= 0.6 is 0 Å². The SMILES string of the molecule is Cc1c(-c2ccccc2)cc(C#N)cc1-c1ccccc1. The van der Waals surface area contributed by atoms with Crippen molar-refractivity contribution in [2.45, 2.75) is 6.92 Å². The lowest BCUT2D eigenvalue weighted by Crippen LogP contribution is -1.91. The summed E-state index contributed by atoms with van der Waals surface area (Å²) in [5.74, 6) is 0.